The fourth-order valence-electron chi connectivity index (χ4n) is 3.00. The van der Waals surface area contributed by atoms with E-state index in [9.17, 15) is 9.59 Å². The highest BCUT2D eigenvalue weighted by atomic mass is 79.9. The summed E-state index contributed by atoms with van der Waals surface area (Å²) < 4.78 is 6.51. The van der Waals surface area contributed by atoms with Crippen LogP contribution < -0.4 is 4.74 Å². The number of carbonyl (C=O) groups excluding carboxylic acids is 1. The third kappa shape index (κ3) is 6.44. The summed E-state index contributed by atoms with van der Waals surface area (Å²) in [4.78, 5) is 23.2. The van der Waals surface area contributed by atoms with E-state index in [1.54, 1.807) is 42.5 Å². The van der Waals surface area contributed by atoms with Gasteiger partial charge >= 0.3 is 5.97 Å². The summed E-state index contributed by atoms with van der Waals surface area (Å²) in [7, 11) is 0. The van der Waals surface area contributed by atoms with Gasteiger partial charge < -0.3 is 9.84 Å². The van der Waals surface area contributed by atoms with Gasteiger partial charge in [0.1, 0.15) is 11.5 Å². The predicted octanol–water partition coefficient (Wildman–Crippen LogP) is 6.73. The van der Waals surface area contributed by atoms with Gasteiger partial charge in [-0.2, -0.15) is 0 Å². The molecule has 0 aliphatic carbocycles. The van der Waals surface area contributed by atoms with Crippen molar-refractivity contribution in [2.45, 2.75) is 25.7 Å². The number of aryl methyl sites for hydroxylation is 1. The smallest absolute Gasteiger partial charge is 0.307 e. The summed E-state index contributed by atoms with van der Waals surface area (Å²) in [5, 5.41) is 9.58. The molecule has 3 aromatic rings. The van der Waals surface area contributed by atoms with Gasteiger partial charge in [0.05, 0.1) is 10.9 Å². The number of halogens is 2. The predicted molar refractivity (Wildman–Crippen MR) is 121 cm³/mol. The summed E-state index contributed by atoms with van der Waals surface area (Å²) in [5.41, 5.74) is 2.49. The fourth-order valence-corrected chi connectivity index (χ4v) is 3.63. The number of Topliss-reactive ketones (excluding diaryl/α,β-unsaturated/α-hetero) is 1. The number of ketones is 1. The standard InChI is InChI=1S/C24H20BrClO4/c25-21-14-17(15-24(28)29)6-13-23(21)30-20-11-7-18(8-12-20)22(27)3-1-2-16-4-9-19(26)10-5-16/h4-14H,1-3,15H2,(H,28,29). The van der Waals surface area contributed by atoms with Gasteiger partial charge in [-0.15, -0.1) is 0 Å². The molecule has 0 amide bonds. The number of hydrogen-bond acceptors (Lipinski definition) is 3. The van der Waals surface area contributed by atoms with E-state index in [-0.39, 0.29) is 12.2 Å². The van der Waals surface area contributed by atoms with E-state index >= 15 is 0 Å². The number of carboxylic acids is 1. The number of benzene rings is 3. The summed E-state index contributed by atoms with van der Waals surface area (Å²) in [6, 6.07) is 19.8. The molecule has 0 aliphatic heterocycles. The lowest BCUT2D eigenvalue weighted by Crippen LogP contribution is -2.00. The van der Waals surface area contributed by atoms with Crippen LogP contribution in [0, 0.1) is 0 Å². The number of ether oxygens (including phenoxy) is 1. The maximum absolute atomic E-state index is 12.4. The largest absolute Gasteiger partial charge is 0.481 e. The highest BCUT2D eigenvalue weighted by molar-refractivity contribution is 9.10. The van der Waals surface area contributed by atoms with Crippen molar-refractivity contribution in [2.75, 3.05) is 0 Å². The zero-order valence-corrected chi connectivity index (χ0v) is 18.4. The molecule has 0 radical (unpaired) electrons. The molecule has 6 heteroatoms. The number of carboxylic acid groups (broad SMARTS) is 1. The first-order valence-electron chi connectivity index (χ1n) is 9.46. The molecule has 0 heterocycles. The molecule has 0 spiro atoms. The minimum atomic E-state index is -0.885. The maximum Gasteiger partial charge on any atom is 0.307 e. The SMILES string of the molecule is O=C(O)Cc1ccc(Oc2ccc(C(=O)CCCc3ccc(Cl)cc3)cc2)c(Br)c1. The van der Waals surface area contributed by atoms with Gasteiger partial charge in [0.2, 0.25) is 0 Å². The average molecular weight is 488 g/mol. The molecule has 4 nitrogen and oxygen atoms in total. The van der Waals surface area contributed by atoms with Gasteiger partial charge in [0.15, 0.2) is 5.78 Å². The molecule has 0 bridgehead atoms. The second-order valence-electron chi connectivity index (χ2n) is 6.86. The van der Waals surface area contributed by atoms with Crippen molar-refractivity contribution in [2.24, 2.45) is 0 Å². The van der Waals surface area contributed by atoms with Crippen LogP contribution in [-0.4, -0.2) is 16.9 Å². The van der Waals surface area contributed by atoms with Crippen molar-refractivity contribution in [3.63, 3.8) is 0 Å². The van der Waals surface area contributed by atoms with Gasteiger partial charge in [-0.05, 0) is 88.4 Å². The highest BCUT2D eigenvalue weighted by Gasteiger charge is 2.09. The summed E-state index contributed by atoms with van der Waals surface area (Å²) in [6.45, 7) is 0. The van der Waals surface area contributed by atoms with E-state index in [4.69, 9.17) is 21.4 Å². The van der Waals surface area contributed by atoms with Crippen LogP contribution in [0.5, 0.6) is 11.5 Å². The Hall–Kier alpha value is -2.63. The van der Waals surface area contributed by atoms with E-state index in [0.717, 1.165) is 18.4 Å². The van der Waals surface area contributed by atoms with Crippen LogP contribution in [0.2, 0.25) is 5.02 Å². The minimum Gasteiger partial charge on any atom is -0.481 e. The van der Waals surface area contributed by atoms with Crippen molar-refractivity contribution >= 4 is 39.3 Å². The Morgan fingerprint density at radius 1 is 0.933 bits per heavy atom. The normalized spacial score (nSPS) is 10.6. The molecule has 30 heavy (non-hydrogen) atoms. The zero-order chi connectivity index (χ0) is 21.5. The molecule has 0 aromatic heterocycles. The number of carbonyl (C=O) groups is 2. The van der Waals surface area contributed by atoms with Gasteiger partial charge in [-0.1, -0.05) is 29.8 Å². The Morgan fingerprint density at radius 2 is 1.60 bits per heavy atom. The highest BCUT2D eigenvalue weighted by Crippen LogP contribution is 2.31. The number of hydrogen-bond donors (Lipinski definition) is 1. The van der Waals surface area contributed by atoms with Crippen molar-refractivity contribution in [3.8, 4) is 11.5 Å². The fraction of sp³-hybridized carbons (Fsp3) is 0.167. The Bertz CT molecular complexity index is 1030. The summed E-state index contributed by atoms with van der Waals surface area (Å²) in [6.07, 6.45) is 2.03. The zero-order valence-electron chi connectivity index (χ0n) is 16.1. The number of rotatable bonds is 9. The van der Waals surface area contributed by atoms with E-state index < -0.39 is 5.97 Å². The van der Waals surface area contributed by atoms with E-state index in [0.29, 0.717) is 38.5 Å². The molecule has 0 unspecified atom stereocenters. The van der Waals surface area contributed by atoms with Crippen LogP contribution >= 0.6 is 27.5 Å². The first-order chi connectivity index (χ1) is 14.4. The van der Waals surface area contributed by atoms with E-state index in [1.165, 1.54) is 0 Å². The summed E-state index contributed by atoms with van der Waals surface area (Å²) in [5.74, 6) is 0.379. The third-order valence-electron chi connectivity index (χ3n) is 4.54. The van der Waals surface area contributed by atoms with Crippen molar-refractivity contribution in [1.82, 2.24) is 0 Å². The van der Waals surface area contributed by atoms with Crippen LogP contribution in [0.25, 0.3) is 0 Å². The number of aliphatic carboxylic acids is 1. The molecule has 0 saturated heterocycles. The first kappa shape index (κ1) is 22.1. The molecular weight excluding hydrogens is 468 g/mol. The van der Waals surface area contributed by atoms with Crippen LogP contribution in [0.3, 0.4) is 0 Å². The van der Waals surface area contributed by atoms with Gasteiger partial charge in [0.25, 0.3) is 0 Å². The third-order valence-corrected chi connectivity index (χ3v) is 5.41. The molecule has 154 valence electrons. The Kier molecular flexibility index (Phi) is 7.66. The van der Waals surface area contributed by atoms with Crippen LogP contribution in [-0.2, 0) is 17.6 Å². The average Bonchev–Trinajstić information content (AvgIpc) is 2.71. The first-order valence-corrected chi connectivity index (χ1v) is 10.6. The Morgan fingerprint density at radius 3 is 2.23 bits per heavy atom. The quantitative estimate of drug-likeness (QED) is 0.340. The van der Waals surface area contributed by atoms with Crippen molar-refractivity contribution in [3.05, 3.63) is 92.9 Å². The lowest BCUT2D eigenvalue weighted by molar-refractivity contribution is -0.136. The van der Waals surface area contributed by atoms with Gasteiger partial charge in [-0.3, -0.25) is 9.59 Å². The molecule has 1 N–H and O–H groups in total. The van der Waals surface area contributed by atoms with Crippen molar-refractivity contribution in [1.29, 1.82) is 0 Å². The van der Waals surface area contributed by atoms with Crippen LogP contribution in [0.1, 0.15) is 34.3 Å². The van der Waals surface area contributed by atoms with Gasteiger partial charge in [-0.25, -0.2) is 0 Å². The second-order valence-corrected chi connectivity index (χ2v) is 8.16. The molecule has 3 rings (SSSR count). The monoisotopic (exact) mass is 486 g/mol. The topological polar surface area (TPSA) is 63.6 Å². The lowest BCUT2D eigenvalue weighted by Gasteiger charge is -2.10. The molecule has 0 aliphatic rings. The molecule has 0 saturated carbocycles. The molecule has 3 aromatic carbocycles. The molecule has 0 fully saturated rings. The maximum atomic E-state index is 12.4. The van der Waals surface area contributed by atoms with E-state index in [2.05, 4.69) is 15.9 Å². The minimum absolute atomic E-state index is 0.0479. The van der Waals surface area contributed by atoms with Crippen molar-refractivity contribution < 1.29 is 19.4 Å². The van der Waals surface area contributed by atoms with Gasteiger partial charge in [0, 0.05) is 17.0 Å². The summed E-state index contributed by atoms with van der Waals surface area (Å²) >= 11 is 9.29. The van der Waals surface area contributed by atoms with Crippen LogP contribution in [0.15, 0.2) is 71.2 Å². The Labute approximate surface area is 188 Å². The lowest BCUT2D eigenvalue weighted by atomic mass is 10.0. The van der Waals surface area contributed by atoms with Crippen LogP contribution in [0.4, 0.5) is 0 Å². The molecule has 0 atom stereocenters. The molecular formula is C24H20BrClO4. The van der Waals surface area contributed by atoms with E-state index in [1.807, 2.05) is 24.3 Å². The second kappa shape index (κ2) is 10.4. The Balaban J connectivity index is 1.54.